The summed E-state index contributed by atoms with van der Waals surface area (Å²) in [5, 5.41) is 0. The van der Waals surface area contributed by atoms with Crippen molar-refractivity contribution in [2.45, 2.75) is 13.1 Å². The Morgan fingerprint density at radius 1 is 0.864 bits per heavy atom. The summed E-state index contributed by atoms with van der Waals surface area (Å²) >= 11 is 0. The topological polar surface area (TPSA) is 13.1 Å². The van der Waals surface area contributed by atoms with Gasteiger partial charge in [0.2, 0.25) is 0 Å². The average molecular weight is 302 g/mol. The molecule has 0 amide bonds. The number of halogens is 3. The van der Waals surface area contributed by atoms with Crippen molar-refractivity contribution in [1.29, 1.82) is 0 Å². The summed E-state index contributed by atoms with van der Waals surface area (Å²) in [6.45, 7) is 1.84. The van der Waals surface area contributed by atoms with Crippen molar-refractivity contribution in [3.8, 4) is 22.6 Å². The van der Waals surface area contributed by atoms with Gasteiger partial charge in [0.05, 0.1) is 0 Å². The zero-order valence-corrected chi connectivity index (χ0v) is 11.8. The van der Waals surface area contributed by atoms with Crippen molar-refractivity contribution in [2.75, 3.05) is 0 Å². The highest BCUT2D eigenvalue weighted by Gasteiger charge is 2.37. The van der Waals surface area contributed by atoms with Gasteiger partial charge < -0.3 is 4.42 Å². The van der Waals surface area contributed by atoms with E-state index in [1.54, 1.807) is 42.5 Å². The minimum atomic E-state index is -4.46. The first-order valence-electron chi connectivity index (χ1n) is 6.79. The van der Waals surface area contributed by atoms with Gasteiger partial charge in [-0.05, 0) is 18.6 Å². The van der Waals surface area contributed by atoms with Crippen molar-refractivity contribution >= 4 is 0 Å². The summed E-state index contributed by atoms with van der Waals surface area (Å²) in [7, 11) is 0. The van der Waals surface area contributed by atoms with Gasteiger partial charge in [0.25, 0.3) is 0 Å². The maximum Gasteiger partial charge on any atom is 0.420 e. The maximum atomic E-state index is 13.3. The van der Waals surface area contributed by atoms with Crippen molar-refractivity contribution in [3.63, 3.8) is 0 Å². The van der Waals surface area contributed by atoms with Crippen LogP contribution >= 0.6 is 0 Å². The first kappa shape index (κ1) is 14.4. The van der Waals surface area contributed by atoms with E-state index in [2.05, 4.69) is 0 Å². The molecular weight excluding hydrogens is 289 g/mol. The highest BCUT2D eigenvalue weighted by molar-refractivity contribution is 5.70. The number of benzene rings is 2. The third-order valence-corrected chi connectivity index (χ3v) is 3.48. The molecule has 0 fully saturated rings. The molecule has 1 aromatic heterocycles. The molecule has 112 valence electrons. The number of hydrogen-bond acceptors (Lipinski definition) is 1. The van der Waals surface area contributed by atoms with Crippen LogP contribution < -0.4 is 0 Å². The Morgan fingerprint density at radius 2 is 1.50 bits per heavy atom. The predicted octanol–water partition coefficient (Wildman–Crippen LogP) is 5.94. The van der Waals surface area contributed by atoms with Crippen molar-refractivity contribution in [2.24, 2.45) is 0 Å². The van der Waals surface area contributed by atoms with E-state index in [1.807, 2.05) is 19.1 Å². The number of hydrogen-bond donors (Lipinski definition) is 0. The van der Waals surface area contributed by atoms with E-state index in [9.17, 15) is 13.2 Å². The Morgan fingerprint density at radius 3 is 2.14 bits per heavy atom. The summed E-state index contributed by atoms with van der Waals surface area (Å²) in [4.78, 5) is 0. The molecular formula is C18H13F3O. The van der Waals surface area contributed by atoms with E-state index in [-0.39, 0.29) is 11.5 Å². The smallest absolute Gasteiger partial charge is 0.420 e. The molecule has 0 spiro atoms. The van der Waals surface area contributed by atoms with E-state index in [0.717, 1.165) is 11.6 Å². The molecule has 2 aromatic carbocycles. The minimum Gasteiger partial charge on any atom is -0.455 e. The normalized spacial score (nSPS) is 11.6. The predicted molar refractivity (Wildman–Crippen MR) is 79.3 cm³/mol. The molecule has 3 aromatic rings. The quantitative estimate of drug-likeness (QED) is 0.571. The molecule has 0 aliphatic rings. The maximum absolute atomic E-state index is 13.3. The lowest BCUT2D eigenvalue weighted by Gasteiger charge is -2.06. The molecule has 1 heterocycles. The molecule has 0 aliphatic carbocycles. The zero-order valence-electron chi connectivity index (χ0n) is 11.8. The highest BCUT2D eigenvalue weighted by Crippen LogP contribution is 2.42. The Balaban J connectivity index is 2.20. The molecule has 0 saturated carbocycles. The lowest BCUT2D eigenvalue weighted by molar-refractivity contribution is -0.137. The van der Waals surface area contributed by atoms with Gasteiger partial charge in [-0.25, -0.2) is 0 Å². The van der Waals surface area contributed by atoms with Crippen LogP contribution in [0.2, 0.25) is 0 Å². The van der Waals surface area contributed by atoms with E-state index in [0.29, 0.717) is 11.1 Å². The van der Waals surface area contributed by atoms with Gasteiger partial charge in [0.1, 0.15) is 17.1 Å². The first-order chi connectivity index (χ1) is 10.5. The molecule has 1 nitrogen and oxygen atoms in total. The van der Waals surface area contributed by atoms with Gasteiger partial charge in [-0.3, -0.25) is 0 Å². The largest absolute Gasteiger partial charge is 0.455 e. The van der Waals surface area contributed by atoms with Crippen LogP contribution in [0, 0.1) is 6.92 Å². The standard InChI is InChI=1S/C18H13F3O/c1-12-7-5-6-10-14(12)16-11-15(18(19,20)21)17(22-16)13-8-3-2-4-9-13/h2-11H,1H3. The van der Waals surface area contributed by atoms with Gasteiger partial charge in [0.15, 0.2) is 0 Å². The molecule has 0 radical (unpaired) electrons. The number of alkyl halides is 3. The second-order valence-electron chi connectivity index (χ2n) is 5.03. The van der Waals surface area contributed by atoms with Crippen LogP contribution in [-0.4, -0.2) is 0 Å². The zero-order chi connectivity index (χ0) is 15.7. The lowest BCUT2D eigenvalue weighted by Crippen LogP contribution is -2.04. The highest BCUT2D eigenvalue weighted by atomic mass is 19.4. The van der Waals surface area contributed by atoms with E-state index >= 15 is 0 Å². The van der Waals surface area contributed by atoms with Crippen LogP contribution in [0.1, 0.15) is 11.1 Å². The third kappa shape index (κ3) is 2.64. The monoisotopic (exact) mass is 302 g/mol. The van der Waals surface area contributed by atoms with Crippen LogP contribution in [-0.2, 0) is 6.18 Å². The Kier molecular flexibility index (Phi) is 3.53. The first-order valence-corrected chi connectivity index (χ1v) is 6.79. The fourth-order valence-corrected chi connectivity index (χ4v) is 2.39. The molecule has 0 bridgehead atoms. The van der Waals surface area contributed by atoms with Crippen molar-refractivity contribution < 1.29 is 17.6 Å². The molecule has 3 rings (SSSR count). The lowest BCUT2D eigenvalue weighted by atomic mass is 10.1. The molecule has 0 unspecified atom stereocenters. The van der Waals surface area contributed by atoms with Crippen molar-refractivity contribution in [1.82, 2.24) is 0 Å². The van der Waals surface area contributed by atoms with Gasteiger partial charge in [-0.15, -0.1) is 0 Å². The summed E-state index contributed by atoms with van der Waals surface area (Å²) in [5.41, 5.74) is 1.19. The Bertz CT molecular complexity index is 786. The third-order valence-electron chi connectivity index (χ3n) is 3.48. The molecule has 0 N–H and O–H groups in total. The molecule has 22 heavy (non-hydrogen) atoms. The van der Waals surface area contributed by atoms with Gasteiger partial charge in [-0.2, -0.15) is 13.2 Å². The van der Waals surface area contributed by atoms with Crippen molar-refractivity contribution in [3.05, 3.63) is 71.8 Å². The SMILES string of the molecule is Cc1ccccc1-c1cc(C(F)(F)F)c(-c2ccccc2)o1. The second-order valence-corrected chi connectivity index (χ2v) is 5.03. The number of furan rings is 1. The second kappa shape index (κ2) is 5.37. The van der Waals surface area contributed by atoms with Crippen LogP contribution in [0.5, 0.6) is 0 Å². The van der Waals surface area contributed by atoms with Gasteiger partial charge >= 0.3 is 6.18 Å². The fourth-order valence-electron chi connectivity index (χ4n) is 2.39. The number of aryl methyl sites for hydroxylation is 1. The van der Waals surface area contributed by atoms with Gasteiger partial charge in [-0.1, -0.05) is 54.6 Å². The number of rotatable bonds is 2. The van der Waals surface area contributed by atoms with Crippen LogP contribution in [0.3, 0.4) is 0 Å². The van der Waals surface area contributed by atoms with E-state index < -0.39 is 11.7 Å². The summed E-state index contributed by atoms with van der Waals surface area (Å²) in [6, 6.07) is 16.6. The summed E-state index contributed by atoms with van der Waals surface area (Å²) < 4.78 is 45.5. The summed E-state index contributed by atoms with van der Waals surface area (Å²) in [6.07, 6.45) is -4.46. The van der Waals surface area contributed by atoms with Crippen LogP contribution in [0.15, 0.2) is 65.1 Å². The molecule has 4 heteroatoms. The molecule has 0 atom stereocenters. The Hall–Kier alpha value is -2.49. The van der Waals surface area contributed by atoms with Crippen LogP contribution in [0.25, 0.3) is 22.6 Å². The van der Waals surface area contributed by atoms with E-state index in [4.69, 9.17) is 4.42 Å². The minimum absolute atomic E-state index is 0.147. The fraction of sp³-hybridized carbons (Fsp3) is 0.111. The van der Waals surface area contributed by atoms with Crippen LogP contribution in [0.4, 0.5) is 13.2 Å². The molecule has 0 aliphatic heterocycles. The average Bonchev–Trinajstić information content (AvgIpc) is 2.94. The Labute approximate surface area is 126 Å². The molecule has 0 saturated heterocycles. The van der Waals surface area contributed by atoms with E-state index in [1.165, 1.54) is 0 Å². The summed E-state index contributed by atoms with van der Waals surface area (Å²) in [5.74, 6) is 0.0793. The van der Waals surface area contributed by atoms with Gasteiger partial charge in [0, 0.05) is 11.1 Å².